The van der Waals surface area contributed by atoms with Gasteiger partial charge in [-0.15, -0.1) is 5.10 Å². The van der Waals surface area contributed by atoms with Gasteiger partial charge in [-0.3, -0.25) is 4.79 Å². The lowest BCUT2D eigenvalue weighted by molar-refractivity contribution is 0.0595. The molecule has 0 radical (unpaired) electrons. The number of ether oxygens (including phenoxy) is 1. The quantitative estimate of drug-likeness (QED) is 0.684. The normalized spacial score (nSPS) is 14.7. The molecule has 28 heavy (non-hydrogen) atoms. The first-order chi connectivity index (χ1) is 13.7. The van der Waals surface area contributed by atoms with Crippen LogP contribution in [-0.4, -0.2) is 50.6 Å². The van der Waals surface area contributed by atoms with Crippen molar-refractivity contribution in [2.24, 2.45) is 0 Å². The van der Waals surface area contributed by atoms with E-state index in [4.69, 9.17) is 16.3 Å². The molecule has 0 bridgehead atoms. The number of nitrogens with one attached hydrogen (secondary N) is 2. The van der Waals surface area contributed by atoms with Crippen LogP contribution < -0.4 is 10.1 Å². The lowest BCUT2D eigenvalue weighted by Gasteiger charge is -2.32. The zero-order valence-corrected chi connectivity index (χ0v) is 15.8. The Morgan fingerprint density at radius 3 is 2.68 bits per heavy atom. The number of anilines is 2. The van der Waals surface area contributed by atoms with Gasteiger partial charge in [0.2, 0.25) is 0 Å². The van der Waals surface area contributed by atoms with Gasteiger partial charge < -0.3 is 15.0 Å². The van der Waals surface area contributed by atoms with Crippen molar-refractivity contribution >= 4 is 29.1 Å². The smallest absolute Gasteiger partial charge is 0.267 e. The summed E-state index contributed by atoms with van der Waals surface area (Å²) in [5, 5.41) is 17.3. The minimum Gasteiger partial charge on any atom is -0.490 e. The van der Waals surface area contributed by atoms with E-state index in [0.29, 0.717) is 29.6 Å². The van der Waals surface area contributed by atoms with Crippen LogP contribution in [0.2, 0.25) is 5.02 Å². The minimum atomic E-state index is 0.00158. The molecule has 0 saturated carbocycles. The fraction of sp³-hybridized carbons (Fsp3) is 0.263. The summed E-state index contributed by atoms with van der Waals surface area (Å²) in [7, 11) is 0. The van der Waals surface area contributed by atoms with Crippen molar-refractivity contribution in [3.63, 3.8) is 0 Å². The van der Waals surface area contributed by atoms with E-state index in [1.807, 2.05) is 41.3 Å². The zero-order valence-electron chi connectivity index (χ0n) is 15.0. The average molecular weight is 399 g/mol. The van der Waals surface area contributed by atoms with E-state index in [-0.39, 0.29) is 12.0 Å². The van der Waals surface area contributed by atoms with Crippen LogP contribution >= 0.6 is 11.6 Å². The first kappa shape index (κ1) is 18.2. The number of rotatable bonds is 5. The number of benzene rings is 2. The molecular formula is C19H19ClN6O2. The van der Waals surface area contributed by atoms with Crippen LogP contribution in [0.15, 0.2) is 48.5 Å². The molecule has 0 unspecified atom stereocenters. The molecule has 3 aromatic rings. The van der Waals surface area contributed by atoms with E-state index < -0.39 is 0 Å². The Balaban J connectivity index is 1.34. The predicted molar refractivity (Wildman–Crippen MR) is 105 cm³/mol. The number of halogens is 1. The molecule has 1 aliphatic rings. The molecule has 144 valence electrons. The fourth-order valence-electron chi connectivity index (χ4n) is 3.14. The second-order valence-electron chi connectivity index (χ2n) is 6.50. The van der Waals surface area contributed by atoms with Crippen molar-refractivity contribution in [3.05, 3.63) is 59.1 Å². The first-order valence-electron chi connectivity index (χ1n) is 8.99. The van der Waals surface area contributed by atoms with Crippen LogP contribution in [0.5, 0.6) is 5.75 Å². The zero-order chi connectivity index (χ0) is 19.3. The highest BCUT2D eigenvalue weighted by atomic mass is 35.5. The number of piperidine rings is 1. The topological polar surface area (TPSA) is 96.0 Å². The monoisotopic (exact) mass is 398 g/mol. The number of likely N-dealkylation sites (tertiary alicyclic amines) is 1. The summed E-state index contributed by atoms with van der Waals surface area (Å²) in [6.07, 6.45) is 1.67. The van der Waals surface area contributed by atoms with Crippen molar-refractivity contribution in [2.45, 2.75) is 18.9 Å². The molecular weight excluding hydrogens is 380 g/mol. The Hall–Kier alpha value is -3.13. The Morgan fingerprint density at radius 2 is 1.96 bits per heavy atom. The number of carbonyl (C=O) groups is 1. The lowest BCUT2D eigenvalue weighted by Crippen LogP contribution is -2.41. The molecule has 2 aromatic carbocycles. The van der Waals surface area contributed by atoms with Crippen LogP contribution in [0.25, 0.3) is 0 Å². The first-order valence-corrected chi connectivity index (χ1v) is 9.37. The molecule has 0 aliphatic carbocycles. The molecule has 1 amide bonds. The van der Waals surface area contributed by atoms with Gasteiger partial charge in [0, 0.05) is 42.2 Å². The number of tetrazole rings is 1. The van der Waals surface area contributed by atoms with Gasteiger partial charge in [-0.25, -0.2) is 0 Å². The van der Waals surface area contributed by atoms with Crippen molar-refractivity contribution in [3.8, 4) is 5.75 Å². The molecule has 9 heteroatoms. The van der Waals surface area contributed by atoms with Gasteiger partial charge in [0.15, 0.2) is 0 Å². The number of hydrogen-bond donors (Lipinski definition) is 2. The Morgan fingerprint density at radius 1 is 1.18 bits per heavy atom. The summed E-state index contributed by atoms with van der Waals surface area (Å²) in [5.74, 6) is 1.15. The van der Waals surface area contributed by atoms with Gasteiger partial charge in [-0.2, -0.15) is 5.21 Å². The third-order valence-electron chi connectivity index (χ3n) is 4.56. The summed E-state index contributed by atoms with van der Waals surface area (Å²) in [6.45, 7) is 1.30. The van der Waals surface area contributed by atoms with Crippen LogP contribution in [0.3, 0.4) is 0 Å². The van der Waals surface area contributed by atoms with Crippen molar-refractivity contribution in [1.82, 2.24) is 25.5 Å². The number of carbonyl (C=O) groups excluding carboxylic acids is 1. The molecule has 0 atom stereocenters. The minimum absolute atomic E-state index is 0.00158. The van der Waals surface area contributed by atoms with Crippen molar-refractivity contribution < 1.29 is 9.53 Å². The van der Waals surface area contributed by atoms with E-state index in [9.17, 15) is 4.79 Å². The highest BCUT2D eigenvalue weighted by molar-refractivity contribution is 6.30. The molecule has 1 aromatic heterocycles. The average Bonchev–Trinajstić information content (AvgIpc) is 3.23. The number of amides is 1. The highest BCUT2D eigenvalue weighted by Gasteiger charge is 2.25. The number of aromatic amines is 1. The molecule has 2 N–H and O–H groups in total. The molecule has 8 nitrogen and oxygen atoms in total. The summed E-state index contributed by atoms with van der Waals surface area (Å²) in [6, 6.07) is 14.6. The lowest BCUT2D eigenvalue weighted by atomic mass is 10.1. The van der Waals surface area contributed by atoms with E-state index in [2.05, 4.69) is 25.9 Å². The maximum atomic E-state index is 12.8. The number of hydrogen-bond acceptors (Lipinski definition) is 6. The highest BCUT2D eigenvalue weighted by Crippen LogP contribution is 2.22. The van der Waals surface area contributed by atoms with Gasteiger partial charge >= 0.3 is 0 Å². The van der Waals surface area contributed by atoms with Crippen LogP contribution in [0.4, 0.5) is 11.6 Å². The SMILES string of the molecule is O=C(c1cccc(Nc2nn[nH]n2)c1)N1CCC(Oc2ccc(Cl)cc2)CC1. The molecule has 1 fully saturated rings. The summed E-state index contributed by atoms with van der Waals surface area (Å²) in [5.41, 5.74) is 1.35. The second kappa shape index (κ2) is 8.26. The maximum absolute atomic E-state index is 12.8. The molecule has 0 spiro atoms. The third kappa shape index (κ3) is 4.40. The Bertz CT molecular complexity index is 924. The summed E-state index contributed by atoms with van der Waals surface area (Å²) >= 11 is 5.90. The van der Waals surface area contributed by atoms with Gasteiger partial charge in [0.1, 0.15) is 11.9 Å². The van der Waals surface area contributed by atoms with Gasteiger partial charge in [0.25, 0.3) is 11.9 Å². The van der Waals surface area contributed by atoms with Crippen LogP contribution in [0.1, 0.15) is 23.2 Å². The van der Waals surface area contributed by atoms with E-state index >= 15 is 0 Å². The van der Waals surface area contributed by atoms with E-state index in [1.54, 1.807) is 12.1 Å². The summed E-state index contributed by atoms with van der Waals surface area (Å²) < 4.78 is 5.99. The largest absolute Gasteiger partial charge is 0.490 e. The van der Waals surface area contributed by atoms with Gasteiger partial charge in [-0.05, 0) is 47.7 Å². The van der Waals surface area contributed by atoms with Gasteiger partial charge in [-0.1, -0.05) is 22.8 Å². The second-order valence-corrected chi connectivity index (χ2v) is 6.94. The van der Waals surface area contributed by atoms with Crippen LogP contribution in [-0.2, 0) is 0 Å². The van der Waals surface area contributed by atoms with Gasteiger partial charge in [0.05, 0.1) is 0 Å². The number of aromatic nitrogens is 4. The van der Waals surface area contributed by atoms with Crippen LogP contribution in [0, 0.1) is 0 Å². The molecule has 1 saturated heterocycles. The molecule has 4 rings (SSSR count). The Kier molecular flexibility index (Phi) is 5.38. The predicted octanol–water partition coefficient (Wildman–Crippen LogP) is 3.28. The fourth-order valence-corrected chi connectivity index (χ4v) is 3.26. The molecule has 2 heterocycles. The van der Waals surface area contributed by atoms with Crippen molar-refractivity contribution in [1.29, 1.82) is 0 Å². The Labute approximate surface area is 166 Å². The van der Waals surface area contributed by atoms with Crippen molar-refractivity contribution in [2.75, 3.05) is 18.4 Å². The summed E-state index contributed by atoms with van der Waals surface area (Å²) in [4.78, 5) is 14.7. The number of nitrogens with zero attached hydrogens (tertiary/aromatic N) is 4. The van der Waals surface area contributed by atoms with E-state index in [0.717, 1.165) is 24.3 Å². The standard InChI is InChI=1S/C19H19ClN6O2/c20-14-4-6-16(7-5-14)28-17-8-10-26(11-9-17)18(27)13-2-1-3-15(12-13)21-19-22-24-25-23-19/h1-7,12,17H,8-11H2,(H2,21,22,23,24,25). The number of H-pyrrole nitrogens is 1. The maximum Gasteiger partial charge on any atom is 0.267 e. The molecule has 1 aliphatic heterocycles. The van der Waals surface area contributed by atoms with E-state index in [1.165, 1.54) is 0 Å². The third-order valence-corrected chi connectivity index (χ3v) is 4.81.